The number of nitrogens with one attached hydrogen (secondary N) is 1. The number of hydrogen-bond donors (Lipinski definition) is 3. The SMILES string of the molecule is N[C@H]1CCNCC[C@@H]1CC(=O)O. The zero-order valence-corrected chi connectivity index (χ0v) is 7.12. The Morgan fingerprint density at radius 3 is 2.83 bits per heavy atom. The second kappa shape index (κ2) is 4.42. The van der Waals surface area contributed by atoms with E-state index in [-0.39, 0.29) is 18.4 Å². The molecule has 0 bridgehead atoms. The summed E-state index contributed by atoms with van der Waals surface area (Å²) in [7, 11) is 0. The topological polar surface area (TPSA) is 75.3 Å². The van der Waals surface area contributed by atoms with E-state index in [4.69, 9.17) is 10.8 Å². The number of aliphatic carboxylic acids is 1. The number of carboxylic acids is 1. The van der Waals surface area contributed by atoms with E-state index in [9.17, 15) is 4.79 Å². The van der Waals surface area contributed by atoms with Gasteiger partial charge in [-0.2, -0.15) is 0 Å². The van der Waals surface area contributed by atoms with Crippen molar-refractivity contribution >= 4 is 5.97 Å². The van der Waals surface area contributed by atoms with Crippen LogP contribution in [0.2, 0.25) is 0 Å². The van der Waals surface area contributed by atoms with Gasteiger partial charge in [0.15, 0.2) is 0 Å². The van der Waals surface area contributed by atoms with Crippen LogP contribution in [0.4, 0.5) is 0 Å². The molecule has 1 fully saturated rings. The first-order chi connectivity index (χ1) is 5.70. The van der Waals surface area contributed by atoms with Gasteiger partial charge >= 0.3 is 5.97 Å². The summed E-state index contributed by atoms with van der Waals surface area (Å²) in [5.74, 6) is -0.588. The summed E-state index contributed by atoms with van der Waals surface area (Å²) in [6.07, 6.45) is 1.98. The van der Waals surface area contributed by atoms with Crippen molar-refractivity contribution in [2.45, 2.75) is 25.3 Å². The van der Waals surface area contributed by atoms with Gasteiger partial charge < -0.3 is 16.2 Å². The van der Waals surface area contributed by atoms with Crippen LogP contribution in [-0.2, 0) is 4.79 Å². The lowest BCUT2D eigenvalue weighted by Gasteiger charge is -2.18. The van der Waals surface area contributed by atoms with Crippen molar-refractivity contribution in [1.29, 1.82) is 0 Å². The number of hydrogen-bond acceptors (Lipinski definition) is 3. The van der Waals surface area contributed by atoms with Crippen LogP contribution in [-0.4, -0.2) is 30.2 Å². The molecule has 1 rings (SSSR count). The molecular weight excluding hydrogens is 156 g/mol. The Morgan fingerprint density at radius 1 is 1.50 bits per heavy atom. The molecule has 1 saturated heterocycles. The fraction of sp³-hybridized carbons (Fsp3) is 0.875. The number of rotatable bonds is 2. The Labute approximate surface area is 72.1 Å². The van der Waals surface area contributed by atoms with Crippen LogP contribution in [0, 0.1) is 5.92 Å². The lowest BCUT2D eigenvalue weighted by molar-refractivity contribution is -0.138. The van der Waals surface area contributed by atoms with Crippen LogP contribution >= 0.6 is 0 Å². The van der Waals surface area contributed by atoms with Gasteiger partial charge in [0, 0.05) is 12.5 Å². The largest absolute Gasteiger partial charge is 0.481 e. The molecule has 0 aromatic rings. The van der Waals surface area contributed by atoms with Gasteiger partial charge in [0.2, 0.25) is 0 Å². The first-order valence-corrected chi connectivity index (χ1v) is 4.38. The summed E-state index contributed by atoms with van der Waals surface area (Å²) in [6.45, 7) is 1.81. The van der Waals surface area contributed by atoms with E-state index in [1.165, 1.54) is 0 Å². The van der Waals surface area contributed by atoms with Crippen LogP contribution in [0.25, 0.3) is 0 Å². The van der Waals surface area contributed by atoms with Crippen LogP contribution in [0.15, 0.2) is 0 Å². The minimum Gasteiger partial charge on any atom is -0.481 e. The van der Waals surface area contributed by atoms with Gasteiger partial charge in [-0.3, -0.25) is 4.79 Å². The molecule has 4 N–H and O–H groups in total. The summed E-state index contributed by atoms with van der Waals surface area (Å²) in [6, 6.07) is 0.0519. The quantitative estimate of drug-likeness (QED) is 0.538. The zero-order chi connectivity index (χ0) is 8.97. The van der Waals surface area contributed by atoms with Crippen molar-refractivity contribution in [2.24, 2.45) is 11.7 Å². The van der Waals surface area contributed by atoms with E-state index in [0.29, 0.717) is 0 Å². The highest BCUT2D eigenvalue weighted by molar-refractivity contribution is 5.67. The average molecular weight is 172 g/mol. The first kappa shape index (κ1) is 9.48. The molecule has 0 saturated carbocycles. The van der Waals surface area contributed by atoms with E-state index in [1.54, 1.807) is 0 Å². The van der Waals surface area contributed by atoms with Gasteiger partial charge in [0.1, 0.15) is 0 Å². The van der Waals surface area contributed by atoms with E-state index in [1.807, 2.05) is 0 Å². The molecule has 4 nitrogen and oxygen atoms in total. The van der Waals surface area contributed by atoms with E-state index < -0.39 is 5.97 Å². The first-order valence-electron chi connectivity index (χ1n) is 4.38. The molecular formula is C8H16N2O2. The highest BCUT2D eigenvalue weighted by atomic mass is 16.4. The highest BCUT2D eigenvalue weighted by Crippen LogP contribution is 2.16. The minimum absolute atomic E-state index is 0.0519. The number of carboxylic acid groups (broad SMARTS) is 1. The average Bonchev–Trinajstić information content (AvgIpc) is 2.16. The monoisotopic (exact) mass is 172 g/mol. The maximum absolute atomic E-state index is 10.4. The fourth-order valence-corrected chi connectivity index (χ4v) is 1.61. The molecule has 0 radical (unpaired) electrons. The molecule has 2 atom stereocenters. The number of carbonyl (C=O) groups is 1. The van der Waals surface area contributed by atoms with Crippen LogP contribution in [0.3, 0.4) is 0 Å². The van der Waals surface area contributed by atoms with Gasteiger partial charge in [-0.25, -0.2) is 0 Å². The lowest BCUT2D eigenvalue weighted by Crippen LogP contribution is -2.31. The molecule has 70 valence electrons. The van der Waals surface area contributed by atoms with Crippen molar-refractivity contribution in [2.75, 3.05) is 13.1 Å². The maximum atomic E-state index is 10.4. The van der Waals surface area contributed by atoms with Gasteiger partial charge in [0.25, 0.3) is 0 Å². The molecule has 1 aliphatic heterocycles. The summed E-state index contributed by atoms with van der Waals surface area (Å²) in [5, 5.41) is 11.8. The van der Waals surface area contributed by atoms with Crippen molar-refractivity contribution in [3.05, 3.63) is 0 Å². The molecule has 0 aromatic heterocycles. The second-order valence-electron chi connectivity index (χ2n) is 3.35. The molecule has 4 heteroatoms. The Kier molecular flexibility index (Phi) is 3.49. The van der Waals surface area contributed by atoms with Crippen LogP contribution < -0.4 is 11.1 Å². The molecule has 0 spiro atoms. The molecule has 1 aliphatic rings. The molecule has 0 unspecified atom stereocenters. The Hall–Kier alpha value is -0.610. The third-order valence-corrected chi connectivity index (χ3v) is 2.39. The lowest BCUT2D eigenvalue weighted by atomic mass is 9.92. The fourth-order valence-electron chi connectivity index (χ4n) is 1.61. The van der Waals surface area contributed by atoms with E-state index in [0.717, 1.165) is 25.9 Å². The summed E-state index contributed by atoms with van der Waals surface area (Å²) in [5.41, 5.74) is 5.82. The predicted molar refractivity (Wildman–Crippen MR) is 45.8 cm³/mol. The van der Waals surface area contributed by atoms with E-state index >= 15 is 0 Å². The summed E-state index contributed by atoms with van der Waals surface area (Å²) in [4.78, 5) is 10.4. The van der Waals surface area contributed by atoms with Crippen molar-refractivity contribution in [3.8, 4) is 0 Å². The predicted octanol–water partition coefficient (Wildman–Crippen LogP) is -0.212. The third kappa shape index (κ3) is 2.79. The third-order valence-electron chi connectivity index (χ3n) is 2.39. The summed E-state index contributed by atoms with van der Waals surface area (Å²) < 4.78 is 0. The molecule has 12 heavy (non-hydrogen) atoms. The Balaban J connectivity index is 2.41. The number of nitrogens with two attached hydrogens (primary N) is 1. The van der Waals surface area contributed by atoms with Gasteiger partial charge in [-0.05, 0) is 31.8 Å². The normalized spacial score (nSPS) is 31.1. The minimum atomic E-state index is -0.739. The highest BCUT2D eigenvalue weighted by Gasteiger charge is 2.22. The molecule has 0 aliphatic carbocycles. The zero-order valence-electron chi connectivity index (χ0n) is 7.12. The molecule has 0 aromatic carbocycles. The maximum Gasteiger partial charge on any atom is 0.303 e. The Bertz CT molecular complexity index is 161. The van der Waals surface area contributed by atoms with Gasteiger partial charge in [-0.1, -0.05) is 0 Å². The van der Waals surface area contributed by atoms with E-state index in [2.05, 4.69) is 5.32 Å². The van der Waals surface area contributed by atoms with Crippen LogP contribution in [0.5, 0.6) is 0 Å². The standard InChI is InChI=1S/C8H16N2O2/c9-7-2-4-10-3-1-6(7)5-8(11)12/h6-7,10H,1-5,9H2,(H,11,12)/t6-,7+/m1/s1. The van der Waals surface area contributed by atoms with Crippen molar-refractivity contribution < 1.29 is 9.90 Å². The molecule has 0 amide bonds. The van der Waals surface area contributed by atoms with Crippen molar-refractivity contribution in [3.63, 3.8) is 0 Å². The smallest absolute Gasteiger partial charge is 0.303 e. The molecule has 1 heterocycles. The summed E-state index contributed by atoms with van der Waals surface area (Å²) >= 11 is 0. The van der Waals surface area contributed by atoms with Gasteiger partial charge in [0.05, 0.1) is 0 Å². The van der Waals surface area contributed by atoms with Crippen LogP contribution in [0.1, 0.15) is 19.3 Å². The Morgan fingerprint density at radius 2 is 2.17 bits per heavy atom. The van der Waals surface area contributed by atoms with Crippen molar-refractivity contribution in [1.82, 2.24) is 5.32 Å². The van der Waals surface area contributed by atoms with Gasteiger partial charge in [-0.15, -0.1) is 0 Å². The second-order valence-corrected chi connectivity index (χ2v) is 3.35.